The molecule has 0 fully saturated rings. The molecule has 0 amide bonds. The van der Waals surface area contributed by atoms with Crippen molar-refractivity contribution < 1.29 is 18.7 Å². The maximum Gasteiger partial charge on any atom is 0.335 e. The molecule has 0 aliphatic rings. The van der Waals surface area contributed by atoms with Crippen LogP contribution in [0.4, 0.5) is 20.3 Å². The van der Waals surface area contributed by atoms with Crippen molar-refractivity contribution in [1.29, 1.82) is 0 Å². The van der Waals surface area contributed by atoms with Crippen LogP contribution < -0.4 is 5.32 Å². The Bertz CT molecular complexity index is 602. The van der Waals surface area contributed by atoms with Gasteiger partial charge in [-0.15, -0.1) is 0 Å². The summed E-state index contributed by atoms with van der Waals surface area (Å²) in [6.45, 7) is 0. The van der Waals surface area contributed by atoms with Crippen molar-refractivity contribution in [3.8, 4) is 0 Å². The number of rotatable bonds is 3. The lowest BCUT2D eigenvalue weighted by molar-refractivity contribution is 0.0697. The minimum Gasteiger partial charge on any atom is -0.478 e. The molecule has 4 nitrogen and oxygen atoms in total. The van der Waals surface area contributed by atoms with E-state index in [0.29, 0.717) is 0 Å². The number of carboxylic acid groups (broad SMARTS) is 1. The molecule has 1 heterocycles. The molecule has 0 bridgehead atoms. The van der Waals surface area contributed by atoms with Crippen LogP contribution >= 0.6 is 0 Å². The maximum atomic E-state index is 13.3. The van der Waals surface area contributed by atoms with E-state index < -0.39 is 17.6 Å². The van der Waals surface area contributed by atoms with E-state index in [2.05, 4.69) is 10.3 Å². The Balaban J connectivity index is 2.28. The Labute approximate surface area is 101 Å². The summed E-state index contributed by atoms with van der Waals surface area (Å²) in [4.78, 5) is 14.6. The first kappa shape index (κ1) is 12.0. The van der Waals surface area contributed by atoms with Crippen molar-refractivity contribution in [3.63, 3.8) is 0 Å². The van der Waals surface area contributed by atoms with Gasteiger partial charge in [0.2, 0.25) is 0 Å². The van der Waals surface area contributed by atoms with Gasteiger partial charge in [-0.1, -0.05) is 0 Å². The van der Waals surface area contributed by atoms with E-state index in [9.17, 15) is 13.6 Å². The van der Waals surface area contributed by atoms with Crippen LogP contribution in [0.2, 0.25) is 0 Å². The van der Waals surface area contributed by atoms with E-state index in [1.807, 2.05) is 0 Å². The summed E-state index contributed by atoms with van der Waals surface area (Å²) >= 11 is 0. The van der Waals surface area contributed by atoms with Gasteiger partial charge in [-0.25, -0.2) is 18.6 Å². The summed E-state index contributed by atoms with van der Waals surface area (Å²) in [6.07, 6.45) is 1.28. The molecule has 2 aromatic rings. The molecule has 0 aliphatic carbocycles. The van der Waals surface area contributed by atoms with Crippen LogP contribution in [-0.4, -0.2) is 16.1 Å². The van der Waals surface area contributed by atoms with Crippen molar-refractivity contribution in [2.75, 3.05) is 5.32 Å². The van der Waals surface area contributed by atoms with Crippen LogP contribution in [0, 0.1) is 11.6 Å². The third-order valence-electron chi connectivity index (χ3n) is 2.20. The van der Waals surface area contributed by atoms with E-state index >= 15 is 0 Å². The number of nitrogens with one attached hydrogen (secondary N) is 1. The Morgan fingerprint density at radius 2 is 2.00 bits per heavy atom. The lowest BCUT2D eigenvalue weighted by Gasteiger charge is -2.07. The summed E-state index contributed by atoms with van der Waals surface area (Å²) in [5, 5.41) is 11.4. The Kier molecular flexibility index (Phi) is 3.18. The van der Waals surface area contributed by atoms with Crippen molar-refractivity contribution in [2.45, 2.75) is 0 Å². The number of halogens is 2. The summed E-state index contributed by atoms with van der Waals surface area (Å²) < 4.78 is 26.0. The van der Waals surface area contributed by atoms with Gasteiger partial charge in [-0.2, -0.15) is 0 Å². The maximum absolute atomic E-state index is 13.3. The number of benzene rings is 1. The van der Waals surface area contributed by atoms with E-state index in [0.717, 1.165) is 12.1 Å². The van der Waals surface area contributed by atoms with E-state index in [1.165, 1.54) is 24.4 Å². The normalized spacial score (nSPS) is 10.1. The fraction of sp³-hybridized carbons (Fsp3) is 0. The van der Waals surface area contributed by atoms with Gasteiger partial charge < -0.3 is 10.4 Å². The predicted octanol–water partition coefficient (Wildman–Crippen LogP) is 2.80. The third kappa shape index (κ3) is 2.60. The average Bonchev–Trinajstić information content (AvgIpc) is 2.33. The van der Waals surface area contributed by atoms with Gasteiger partial charge in [-0.05, 0) is 24.3 Å². The van der Waals surface area contributed by atoms with Gasteiger partial charge in [0.15, 0.2) is 0 Å². The number of nitrogens with zero attached hydrogens (tertiary/aromatic N) is 1. The Morgan fingerprint density at radius 1 is 1.22 bits per heavy atom. The molecule has 18 heavy (non-hydrogen) atoms. The highest BCUT2D eigenvalue weighted by molar-refractivity contribution is 5.88. The first-order valence-electron chi connectivity index (χ1n) is 4.97. The number of hydrogen-bond acceptors (Lipinski definition) is 3. The number of pyridine rings is 1. The first-order chi connectivity index (χ1) is 8.56. The van der Waals surface area contributed by atoms with Crippen LogP contribution in [0.5, 0.6) is 0 Å². The Morgan fingerprint density at radius 3 is 2.67 bits per heavy atom. The third-order valence-corrected chi connectivity index (χ3v) is 2.20. The van der Waals surface area contributed by atoms with Gasteiger partial charge in [-0.3, -0.25) is 0 Å². The molecule has 0 unspecified atom stereocenters. The molecular formula is C12H8F2N2O2. The Hall–Kier alpha value is -2.50. The highest BCUT2D eigenvalue weighted by Crippen LogP contribution is 2.19. The molecule has 2 rings (SSSR count). The molecule has 6 heteroatoms. The van der Waals surface area contributed by atoms with Crippen molar-refractivity contribution >= 4 is 17.5 Å². The summed E-state index contributed by atoms with van der Waals surface area (Å²) in [5.41, 5.74) is 0.0430. The zero-order valence-corrected chi connectivity index (χ0v) is 9.02. The van der Waals surface area contributed by atoms with Gasteiger partial charge in [0.25, 0.3) is 0 Å². The standard InChI is InChI=1S/C12H8F2N2O2/c13-8-1-2-10(9(14)6-8)16-11-5-7(12(17)18)3-4-15-11/h1-6H,(H,15,16)(H,17,18). The number of aromatic carboxylic acids is 1. The fourth-order valence-corrected chi connectivity index (χ4v) is 1.36. The molecule has 2 N–H and O–H groups in total. The van der Waals surface area contributed by atoms with Crippen LogP contribution in [-0.2, 0) is 0 Å². The monoisotopic (exact) mass is 250 g/mol. The lowest BCUT2D eigenvalue weighted by Crippen LogP contribution is -2.01. The zero-order chi connectivity index (χ0) is 13.1. The van der Waals surface area contributed by atoms with Crippen LogP contribution in [0.15, 0.2) is 36.5 Å². The van der Waals surface area contributed by atoms with E-state index in [4.69, 9.17) is 5.11 Å². The SMILES string of the molecule is O=C(O)c1ccnc(Nc2ccc(F)cc2F)c1. The zero-order valence-electron chi connectivity index (χ0n) is 9.02. The van der Waals surface area contributed by atoms with Crippen molar-refractivity contribution in [1.82, 2.24) is 4.98 Å². The topological polar surface area (TPSA) is 62.2 Å². The molecule has 0 spiro atoms. The second-order valence-electron chi connectivity index (χ2n) is 3.48. The molecule has 1 aromatic carbocycles. The van der Waals surface area contributed by atoms with Gasteiger partial charge in [0.05, 0.1) is 11.3 Å². The first-order valence-corrected chi connectivity index (χ1v) is 4.97. The highest BCUT2D eigenvalue weighted by atomic mass is 19.1. The molecule has 92 valence electrons. The largest absolute Gasteiger partial charge is 0.478 e. The van der Waals surface area contributed by atoms with E-state index in [1.54, 1.807) is 0 Å². The molecule has 0 atom stereocenters. The smallest absolute Gasteiger partial charge is 0.335 e. The molecule has 0 saturated heterocycles. The lowest BCUT2D eigenvalue weighted by atomic mass is 10.2. The second-order valence-corrected chi connectivity index (χ2v) is 3.48. The number of carboxylic acids is 1. The molecule has 0 saturated carbocycles. The van der Waals surface area contributed by atoms with Crippen LogP contribution in [0.25, 0.3) is 0 Å². The van der Waals surface area contributed by atoms with Crippen LogP contribution in [0.3, 0.4) is 0 Å². The number of aromatic nitrogens is 1. The average molecular weight is 250 g/mol. The number of hydrogen-bond donors (Lipinski definition) is 2. The second kappa shape index (κ2) is 4.79. The minimum atomic E-state index is -1.11. The highest BCUT2D eigenvalue weighted by Gasteiger charge is 2.07. The van der Waals surface area contributed by atoms with Crippen molar-refractivity contribution in [2.24, 2.45) is 0 Å². The van der Waals surface area contributed by atoms with Gasteiger partial charge in [0.1, 0.15) is 17.5 Å². The summed E-state index contributed by atoms with van der Waals surface area (Å²) in [7, 11) is 0. The van der Waals surface area contributed by atoms with Crippen LogP contribution in [0.1, 0.15) is 10.4 Å². The van der Waals surface area contributed by atoms with Gasteiger partial charge >= 0.3 is 5.97 Å². The fourth-order valence-electron chi connectivity index (χ4n) is 1.36. The molecule has 0 radical (unpaired) electrons. The summed E-state index contributed by atoms with van der Waals surface area (Å²) in [6, 6.07) is 5.59. The number of carbonyl (C=O) groups is 1. The van der Waals surface area contributed by atoms with Gasteiger partial charge in [0, 0.05) is 12.3 Å². The molecule has 0 aliphatic heterocycles. The minimum absolute atomic E-state index is 0.0199. The van der Waals surface area contributed by atoms with E-state index in [-0.39, 0.29) is 17.1 Å². The summed E-state index contributed by atoms with van der Waals surface area (Å²) in [5.74, 6) is -2.41. The molecule has 1 aromatic heterocycles. The predicted molar refractivity (Wildman–Crippen MR) is 60.8 cm³/mol. The van der Waals surface area contributed by atoms with Crippen molar-refractivity contribution in [3.05, 3.63) is 53.7 Å². The molecular weight excluding hydrogens is 242 g/mol. The number of anilines is 2. The quantitative estimate of drug-likeness (QED) is 0.879.